The lowest BCUT2D eigenvalue weighted by molar-refractivity contribution is -0.385. The third kappa shape index (κ3) is 5.87. The number of thiophene rings is 1. The zero-order valence-electron chi connectivity index (χ0n) is 18.3. The summed E-state index contributed by atoms with van der Waals surface area (Å²) >= 11 is 1.39. The van der Waals surface area contributed by atoms with Crippen molar-refractivity contribution in [2.24, 2.45) is 0 Å². The molecule has 0 spiro atoms. The Morgan fingerprint density at radius 1 is 1.18 bits per heavy atom. The number of nitro groups is 1. The summed E-state index contributed by atoms with van der Waals surface area (Å²) in [6.07, 6.45) is 0. The van der Waals surface area contributed by atoms with Crippen LogP contribution in [0.4, 0.5) is 10.1 Å². The Morgan fingerprint density at radius 2 is 1.91 bits per heavy atom. The minimum absolute atomic E-state index is 0.0842. The average molecular weight is 488 g/mol. The fraction of sp³-hybridized carbons (Fsp3) is 0.217. The fourth-order valence-corrected chi connectivity index (χ4v) is 3.94. The van der Waals surface area contributed by atoms with Gasteiger partial charge in [0.25, 0.3) is 11.6 Å². The van der Waals surface area contributed by atoms with Gasteiger partial charge in [-0.2, -0.15) is 0 Å². The van der Waals surface area contributed by atoms with E-state index in [2.05, 4.69) is 5.32 Å². The third-order valence-corrected chi connectivity index (χ3v) is 5.61. The van der Waals surface area contributed by atoms with Crippen molar-refractivity contribution in [2.75, 3.05) is 20.3 Å². The van der Waals surface area contributed by atoms with Gasteiger partial charge < -0.3 is 19.5 Å². The van der Waals surface area contributed by atoms with Crippen molar-refractivity contribution in [3.05, 3.63) is 85.8 Å². The van der Waals surface area contributed by atoms with Gasteiger partial charge in [0, 0.05) is 10.9 Å². The summed E-state index contributed by atoms with van der Waals surface area (Å²) in [4.78, 5) is 36.7. The molecule has 0 fully saturated rings. The standard InChI is InChI=1S/C23H21FN2O7S/c1-3-32-19-11-16(17(26(29)30)12-18(19)31-2)23(28)33-13-21(27)25-22(20-5-4-10-34-20)14-6-8-15(24)9-7-14/h4-12,22H,3,13H2,1-2H3,(H,25,27). The Kier molecular flexibility index (Phi) is 8.14. The molecule has 1 atom stereocenters. The molecule has 178 valence electrons. The summed E-state index contributed by atoms with van der Waals surface area (Å²) in [6.45, 7) is 1.25. The van der Waals surface area contributed by atoms with Crippen LogP contribution in [0.3, 0.4) is 0 Å². The van der Waals surface area contributed by atoms with Crippen LogP contribution in [0.25, 0.3) is 0 Å². The maximum Gasteiger partial charge on any atom is 0.345 e. The number of hydrogen-bond acceptors (Lipinski definition) is 8. The van der Waals surface area contributed by atoms with Crippen molar-refractivity contribution < 1.29 is 33.1 Å². The molecule has 1 amide bonds. The van der Waals surface area contributed by atoms with Gasteiger partial charge in [-0.25, -0.2) is 9.18 Å². The highest BCUT2D eigenvalue weighted by molar-refractivity contribution is 7.10. The second-order valence-corrected chi connectivity index (χ2v) is 7.83. The molecule has 1 aromatic heterocycles. The number of amides is 1. The number of rotatable bonds is 10. The summed E-state index contributed by atoms with van der Waals surface area (Å²) in [5, 5.41) is 16.0. The molecule has 1 N–H and O–H groups in total. The van der Waals surface area contributed by atoms with Gasteiger partial charge >= 0.3 is 5.97 Å². The first-order valence-electron chi connectivity index (χ1n) is 10.1. The van der Waals surface area contributed by atoms with Crippen molar-refractivity contribution in [1.82, 2.24) is 5.32 Å². The van der Waals surface area contributed by atoms with Crippen LogP contribution in [0.15, 0.2) is 53.9 Å². The number of ether oxygens (including phenoxy) is 3. The largest absolute Gasteiger partial charge is 0.493 e. The number of carbonyl (C=O) groups excluding carboxylic acids is 2. The second kappa shape index (κ2) is 11.2. The first kappa shape index (κ1) is 24.6. The van der Waals surface area contributed by atoms with Gasteiger partial charge in [-0.05, 0) is 36.1 Å². The Morgan fingerprint density at radius 3 is 2.50 bits per heavy atom. The lowest BCUT2D eigenvalue weighted by atomic mass is 10.1. The number of nitrogens with one attached hydrogen (secondary N) is 1. The normalized spacial score (nSPS) is 11.4. The molecule has 1 unspecified atom stereocenters. The first-order valence-corrected chi connectivity index (χ1v) is 11.0. The van der Waals surface area contributed by atoms with Gasteiger partial charge in [0.1, 0.15) is 11.4 Å². The Balaban J connectivity index is 1.76. The molecule has 9 nitrogen and oxygen atoms in total. The Labute approximate surface area is 198 Å². The number of carbonyl (C=O) groups is 2. The summed E-state index contributed by atoms with van der Waals surface area (Å²) in [5.74, 6) is -1.92. The van der Waals surface area contributed by atoms with Crippen LogP contribution in [0, 0.1) is 15.9 Å². The summed E-state index contributed by atoms with van der Waals surface area (Å²) in [6, 6.07) is 10.9. The highest BCUT2D eigenvalue weighted by atomic mass is 32.1. The monoisotopic (exact) mass is 488 g/mol. The van der Waals surface area contributed by atoms with E-state index in [1.54, 1.807) is 25.1 Å². The van der Waals surface area contributed by atoms with E-state index in [0.717, 1.165) is 17.0 Å². The third-order valence-electron chi connectivity index (χ3n) is 4.67. The predicted molar refractivity (Wildman–Crippen MR) is 122 cm³/mol. The number of benzene rings is 2. The van der Waals surface area contributed by atoms with Gasteiger partial charge in [-0.1, -0.05) is 18.2 Å². The van der Waals surface area contributed by atoms with Crippen LogP contribution in [-0.2, 0) is 9.53 Å². The van der Waals surface area contributed by atoms with Crippen molar-refractivity contribution >= 4 is 28.9 Å². The van der Waals surface area contributed by atoms with Crippen LogP contribution < -0.4 is 14.8 Å². The van der Waals surface area contributed by atoms with Crippen LogP contribution in [0.5, 0.6) is 11.5 Å². The molecule has 0 aliphatic rings. The highest BCUT2D eigenvalue weighted by Gasteiger charge is 2.27. The van der Waals surface area contributed by atoms with E-state index in [0.29, 0.717) is 5.56 Å². The van der Waals surface area contributed by atoms with E-state index in [1.807, 2.05) is 11.4 Å². The number of esters is 1. The Hall–Kier alpha value is -3.99. The van der Waals surface area contributed by atoms with Gasteiger partial charge in [0.05, 0.1) is 30.7 Å². The summed E-state index contributed by atoms with van der Waals surface area (Å²) in [5.41, 5.74) is -0.292. The van der Waals surface area contributed by atoms with Gasteiger partial charge in [-0.15, -0.1) is 11.3 Å². The van der Waals surface area contributed by atoms with Gasteiger partial charge in [-0.3, -0.25) is 14.9 Å². The number of hydrogen-bond donors (Lipinski definition) is 1. The Bertz CT molecular complexity index is 1170. The maximum absolute atomic E-state index is 13.3. The highest BCUT2D eigenvalue weighted by Crippen LogP contribution is 2.35. The molecule has 0 aliphatic heterocycles. The summed E-state index contributed by atoms with van der Waals surface area (Å²) in [7, 11) is 1.31. The number of nitrogens with zero attached hydrogens (tertiary/aromatic N) is 1. The van der Waals surface area contributed by atoms with E-state index >= 15 is 0 Å². The molecule has 11 heteroatoms. The fourth-order valence-electron chi connectivity index (χ4n) is 3.13. The number of nitro benzene ring substituents is 1. The van der Waals surface area contributed by atoms with Crippen molar-refractivity contribution in [1.29, 1.82) is 0 Å². The van der Waals surface area contributed by atoms with E-state index in [9.17, 15) is 24.1 Å². The lowest BCUT2D eigenvalue weighted by Gasteiger charge is -2.18. The smallest absolute Gasteiger partial charge is 0.345 e. The molecule has 0 saturated heterocycles. The quantitative estimate of drug-likeness (QED) is 0.257. The topological polar surface area (TPSA) is 117 Å². The molecule has 0 radical (unpaired) electrons. The number of methoxy groups -OCH3 is 1. The zero-order valence-corrected chi connectivity index (χ0v) is 19.1. The van der Waals surface area contributed by atoms with E-state index in [-0.39, 0.29) is 23.7 Å². The molecule has 1 heterocycles. The van der Waals surface area contributed by atoms with Crippen molar-refractivity contribution in [2.45, 2.75) is 13.0 Å². The predicted octanol–water partition coefficient (Wildman–Crippen LogP) is 4.27. The van der Waals surface area contributed by atoms with Crippen LogP contribution >= 0.6 is 11.3 Å². The molecule has 0 saturated carbocycles. The molecule has 3 aromatic rings. The minimum atomic E-state index is -1.07. The van der Waals surface area contributed by atoms with Crippen LogP contribution in [-0.4, -0.2) is 37.1 Å². The van der Waals surface area contributed by atoms with E-state index in [4.69, 9.17) is 14.2 Å². The minimum Gasteiger partial charge on any atom is -0.493 e. The second-order valence-electron chi connectivity index (χ2n) is 6.85. The summed E-state index contributed by atoms with van der Waals surface area (Å²) < 4.78 is 28.8. The van der Waals surface area contributed by atoms with Crippen LogP contribution in [0.2, 0.25) is 0 Å². The SMILES string of the molecule is CCOc1cc(C(=O)OCC(=O)NC(c2ccc(F)cc2)c2cccs2)c([N+](=O)[O-])cc1OC. The van der Waals surface area contributed by atoms with Crippen molar-refractivity contribution in [3.63, 3.8) is 0 Å². The first-order chi connectivity index (χ1) is 16.3. The van der Waals surface area contributed by atoms with E-state index in [1.165, 1.54) is 30.6 Å². The molecular weight excluding hydrogens is 467 g/mol. The van der Waals surface area contributed by atoms with Crippen molar-refractivity contribution in [3.8, 4) is 11.5 Å². The van der Waals surface area contributed by atoms with Gasteiger partial charge in [0.15, 0.2) is 18.1 Å². The van der Waals surface area contributed by atoms with E-state index < -0.39 is 41.0 Å². The van der Waals surface area contributed by atoms with Gasteiger partial charge in [0.2, 0.25) is 0 Å². The molecule has 34 heavy (non-hydrogen) atoms. The molecule has 0 aliphatic carbocycles. The number of halogens is 1. The zero-order chi connectivity index (χ0) is 24.7. The molecule has 3 rings (SSSR count). The lowest BCUT2D eigenvalue weighted by Crippen LogP contribution is -2.32. The maximum atomic E-state index is 13.3. The van der Waals surface area contributed by atoms with Crippen LogP contribution in [0.1, 0.15) is 33.8 Å². The molecular formula is C23H21FN2O7S. The molecule has 2 aromatic carbocycles. The average Bonchev–Trinajstić information content (AvgIpc) is 3.36. The molecule has 0 bridgehead atoms.